The second kappa shape index (κ2) is 10.5. The van der Waals surface area contributed by atoms with Crippen LogP contribution in [0.5, 0.6) is 0 Å². The molecule has 0 saturated heterocycles. The second-order valence-electron chi connectivity index (χ2n) is 12.5. The Labute approximate surface area is 278 Å². The lowest BCUT2D eigenvalue weighted by Gasteiger charge is -2.26. The smallest absolute Gasteiger partial charge is 0.0207 e. The van der Waals surface area contributed by atoms with Crippen molar-refractivity contribution in [2.75, 3.05) is 0 Å². The summed E-state index contributed by atoms with van der Waals surface area (Å²) in [6.07, 6.45) is 0. The van der Waals surface area contributed by atoms with Crippen molar-refractivity contribution in [1.82, 2.24) is 0 Å². The van der Waals surface area contributed by atoms with E-state index in [0.29, 0.717) is 0 Å². The van der Waals surface area contributed by atoms with Crippen molar-refractivity contribution < 1.29 is 0 Å². The molecular weight excluding hydrogens is 585 g/mol. The van der Waals surface area contributed by atoms with Gasteiger partial charge in [0.25, 0.3) is 0 Å². The molecule has 9 aromatic carbocycles. The lowest BCUT2D eigenvalue weighted by atomic mass is 9.83. The molecule has 0 aromatic heterocycles. The largest absolute Gasteiger partial charge is 0.0887 e. The molecular formula is C46H28S. The summed E-state index contributed by atoms with van der Waals surface area (Å²) in [6.45, 7) is 0. The monoisotopic (exact) mass is 612 g/mol. The van der Waals surface area contributed by atoms with E-state index in [1.54, 1.807) is 0 Å². The Morgan fingerprint density at radius 1 is 0.298 bits per heavy atom. The standard InChI is InChI=1S/C46H28S/c1-2-12-31(13-3-1)44-39-24-23-35(37-17-8-15-30-11-6-7-16-36(30)37)27-41(39)38-18-9-19-42-45(38)46(44)40-25-22-34(28-43(40)47-42)33-21-20-29-10-4-5-14-32(29)26-33/h1-28H. The molecule has 0 unspecified atom stereocenters. The summed E-state index contributed by atoms with van der Waals surface area (Å²) in [5, 5.41) is 10.3. The molecule has 1 heterocycles. The first-order valence-corrected chi connectivity index (χ1v) is 17.0. The maximum absolute atomic E-state index is 2.43. The van der Waals surface area contributed by atoms with E-state index < -0.39 is 0 Å². The second-order valence-corrected chi connectivity index (χ2v) is 13.5. The Hall–Kier alpha value is -5.63. The Morgan fingerprint density at radius 3 is 1.91 bits per heavy atom. The predicted molar refractivity (Wildman–Crippen MR) is 202 cm³/mol. The molecule has 0 amide bonds. The Balaban J connectivity index is 1.25. The minimum atomic E-state index is 1.25. The number of hydrogen-bond donors (Lipinski definition) is 0. The quantitative estimate of drug-likeness (QED) is 0.179. The maximum Gasteiger partial charge on any atom is 0.0207 e. The number of benzene rings is 9. The molecule has 1 aliphatic rings. The molecule has 10 rings (SSSR count). The van der Waals surface area contributed by atoms with E-state index in [9.17, 15) is 0 Å². The highest BCUT2D eigenvalue weighted by molar-refractivity contribution is 7.99. The van der Waals surface area contributed by atoms with Crippen LogP contribution < -0.4 is 0 Å². The summed E-state index contributed by atoms with van der Waals surface area (Å²) >= 11 is 1.90. The van der Waals surface area contributed by atoms with Gasteiger partial charge in [0.15, 0.2) is 0 Å². The molecule has 0 N–H and O–H groups in total. The normalized spacial score (nSPS) is 12.2. The summed E-state index contributed by atoms with van der Waals surface area (Å²) in [6, 6.07) is 62.7. The zero-order valence-corrected chi connectivity index (χ0v) is 26.4. The Kier molecular flexibility index (Phi) is 5.91. The van der Waals surface area contributed by atoms with Gasteiger partial charge in [-0.2, -0.15) is 0 Å². The molecule has 0 radical (unpaired) electrons. The van der Waals surface area contributed by atoms with Gasteiger partial charge in [-0.25, -0.2) is 0 Å². The van der Waals surface area contributed by atoms with Gasteiger partial charge in [-0.05, 0) is 101 Å². The van der Waals surface area contributed by atoms with Crippen LogP contribution in [-0.4, -0.2) is 0 Å². The average Bonchev–Trinajstić information content (AvgIpc) is 3.14. The highest BCUT2D eigenvalue weighted by atomic mass is 32.2. The van der Waals surface area contributed by atoms with Gasteiger partial charge < -0.3 is 0 Å². The highest BCUT2D eigenvalue weighted by Crippen LogP contribution is 2.55. The first-order valence-electron chi connectivity index (χ1n) is 16.2. The van der Waals surface area contributed by atoms with E-state index in [1.165, 1.54) is 97.4 Å². The van der Waals surface area contributed by atoms with E-state index in [-0.39, 0.29) is 0 Å². The van der Waals surface area contributed by atoms with Crippen molar-refractivity contribution >= 4 is 54.9 Å². The van der Waals surface area contributed by atoms with Crippen LogP contribution in [0.4, 0.5) is 0 Å². The maximum atomic E-state index is 2.43. The van der Waals surface area contributed by atoms with Crippen molar-refractivity contribution in [3.05, 3.63) is 170 Å². The fraction of sp³-hybridized carbons (Fsp3) is 0. The summed E-state index contributed by atoms with van der Waals surface area (Å²) in [7, 11) is 0. The molecule has 0 spiro atoms. The van der Waals surface area contributed by atoms with Crippen molar-refractivity contribution in [2.45, 2.75) is 9.79 Å². The Bertz CT molecular complexity index is 2700. The lowest BCUT2D eigenvalue weighted by Crippen LogP contribution is -1.98. The molecule has 47 heavy (non-hydrogen) atoms. The lowest BCUT2D eigenvalue weighted by molar-refractivity contribution is 1.40. The van der Waals surface area contributed by atoms with Crippen molar-refractivity contribution in [3.63, 3.8) is 0 Å². The van der Waals surface area contributed by atoms with Crippen LogP contribution in [-0.2, 0) is 0 Å². The molecule has 0 nitrogen and oxygen atoms in total. The number of hydrogen-bond acceptors (Lipinski definition) is 1. The summed E-state index contributed by atoms with van der Waals surface area (Å²) in [4.78, 5) is 2.62. The fourth-order valence-corrected chi connectivity index (χ4v) is 8.81. The van der Waals surface area contributed by atoms with E-state index in [2.05, 4.69) is 170 Å². The minimum absolute atomic E-state index is 1.25. The van der Waals surface area contributed by atoms with Crippen LogP contribution in [0.2, 0.25) is 0 Å². The van der Waals surface area contributed by atoms with Crippen LogP contribution in [0, 0.1) is 0 Å². The van der Waals surface area contributed by atoms with Gasteiger partial charge in [0.05, 0.1) is 0 Å². The summed E-state index contributed by atoms with van der Waals surface area (Å²) in [5.41, 5.74) is 10.2. The number of rotatable bonds is 3. The predicted octanol–water partition coefficient (Wildman–Crippen LogP) is 13.4. The van der Waals surface area contributed by atoms with Crippen LogP contribution >= 0.6 is 11.8 Å². The first kappa shape index (κ1) is 26.6. The zero-order chi connectivity index (χ0) is 30.9. The average molecular weight is 613 g/mol. The Morgan fingerprint density at radius 2 is 1.00 bits per heavy atom. The topological polar surface area (TPSA) is 0 Å². The van der Waals surface area contributed by atoms with E-state index >= 15 is 0 Å². The highest BCUT2D eigenvalue weighted by Gasteiger charge is 2.26. The molecule has 1 heteroatoms. The van der Waals surface area contributed by atoms with Crippen LogP contribution in [0.3, 0.4) is 0 Å². The van der Waals surface area contributed by atoms with Gasteiger partial charge in [-0.15, -0.1) is 0 Å². The van der Waals surface area contributed by atoms with Crippen molar-refractivity contribution in [2.24, 2.45) is 0 Å². The molecule has 1 aliphatic heterocycles. The van der Waals surface area contributed by atoms with E-state index in [0.717, 1.165) is 0 Å². The first-order chi connectivity index (χ1) is 23.3. The van der Waals surface area contributed by atoms with Gasteiger partial charge in [0.1, 0.15) is 0 Å². The van der Waals surface area contributed by atoms with Gasteiger partial charge in [0, 0.05) is 20.7 Å². The summed E-state index contributed by atoms with van der Waals surface area (Å²) < 4.78 is 0. The fourth-order valence-electron chi connectivity index (χ4n) is 7.64. The molecule has 9 aromatic rings. The third-order valence-corrected chi connectivity index (χ3v) is 10.9. The van der Waals surface area contributed by atoms with Crippen LogP contribution in [0.25, 0.3) is 87.6 Å². The third-order valence-electron chi connectivity index (χ3n) is 9.82. The zero-order valence-electron chi connectivity index (χ0n) is 25.6. The van der Waals surface area contributed by atoms with E-state index in [4.69, 9.17) is 0 Å². The molecule has 0 saturated carbocycles. The van der Waals surface area contributed by atoms with Crippen molar-refractivity contribution in [3.8, 4) is 44.5 Å². The SMILES string of the molecule is c1ccc(-c2c3c4c(cccc4c4cc(-c5cccc6ccccc56)ccc24)Sc2cc(-c4ccc5ccccc5c4)ccc2-3)cc1. The van der Waals surface area contributed by atoms with Crippen LogP contribution in [0.15, 0.2) is 180 Å². The van der Waals surface area contributed by atoms with Crippen molar-refractivity contribution in [1.29, 1.82) is 0 Å². The van der Waals surface area contributed by atoms with Gasteiger partial charge >= 0.3 is 0 Å². The minimum Gasteiger partial charge on any atom is -0.0887 e. The van der Waals surface area contributed by atoms with E-state index in [1.807, 2.05) is 11.8 Å². The molecule has 218 valence electrons. The van der Waals surface area contributed by atoms with Gasteiger partial charge in [-0.1, -0.05) is 157 Å². The third kappa shape index (κ3) is 4.17. The van der Waals surface area contributed by atoms with Crippen LogP contribution in [0.1, 0.15) is 0 Å². The van der Waals surface area contributed by atoms with Gasteiger partial charge in [-0.3, -0.25) is 0 Å². The molecule has 0 fully saturated rings. The summed E-state index contributed by atoms with van der Waals surface area (Å²) in [5.74, 6) is 0. The number of fused-ring (bicyclic) bond motifs is 6. The molecule has 0 aliphatic carbocycles. The molecule has 0 atom stereocenters. The molecule has 0 bridgehead atoms. The van der Waals surface area contributed by atoms with Gasteiger partial charge in [0.2, 0.25) is 0 Å².